The number of amides is 1. The van der Waals surface area contributed by atoms with Crippen LogP contribution >= 0.6 is 23.4 Å². The van der Waals surface area contributed by atoms with Crippen LogP contribution in [-0.4, -0.2) is 26.5 Å². The average Bonchev–Trinajstić information content (AvgIpc) is 3.52. The van der Waals surface area contributed by atoms with Crippen molar-refractivity contribution in [2.75, 3.05) is 0 Å². The molecule has 5 aromatic rings. The molecule has 2 aromatic carbocycles. The summed E-state index contributed by atoms with van der Waals surface area (Å²) < 4.78 is 7.54. The van der Waals surface area contributed by atoms with Gasteiger partial charge in [0, 0.05) is 35.0 Å². The van der Waals surface area contributed by atoms with Gasteiger partial charge in [-0.2, -0.15) is 0 Å². The molecule has 0 saturated heterocycles. The smallest absolute Gasteiger partial charge is 0.251 e. The molecule has 0 bridgehead atoms. The van der Waals surface area contributed by atoms with Crippen molar-refractivity contribution in [2.45, 2.75) is 36.8 Å². The van der Waals surface area contributed by atoms with Gasteiger partial charge in [-0.25, -0.2) is 4.98 Å². The number of fused-ring (bicyclic) bond motifs is 1. The van der Waals surface area contributed by atoms with Gasteiger partial charge in [0.05, 0.1) is 30.0 Å². The number of rotatable bonds is 9. The van der Waals surface area contributed by atoms with Crippen molar-refractivity contribution in [2.24, 2.45) is 0 Å². The summed E-state index contributed by atoms with van der Waals surface area (Å²) >= 11 is 7.70. The fraction of sp³-hybridized carbons (Fsp3) is 0.179. The molecule has 5 rings (SSSR count). The molecular weight excluding hydrogens is 492 g/mol. The number of halogens is 1. The summed E-state index contributed by atoms with van der Waals surface area (Å²) in [5, 5.41) is 4.68. The molecule has 1 atom stereocenters. The molecule has 0 radical (unpaired) electrons. The Balaban J connectivity index is 1.29. The highest BCUT2D eigenvalue weighted by Crippen LogP contribution is 2.28. The molecule has 1 unspecified atom stereocenters. The Hall–Kier alpha value is -3.55. The maximum Gasteiger partial charge on any atom is 0.251 e. The minimum absolute atomic E-state index is 0.0339. The second-order valence-corrected chi connectivity index (χ2v) is 9.99. The van der Waals surface area contributed by atoms with Crippen LogP contribution in [0.1, 0.15) is 34.2 Å². The van der Waals surface area contributed by atoms with Crippen molar-refractivity contribution in [1.29, 1.82) is 0 Å². The van der Waals surface area contributed by atoms with Crippen LogP contribution in [0.25, 0.3) is 11.0 Å². The Morgan fingerprint density at radius 3 is 2.61 bits per heavy atom. The number of furan rings is 1. The Kier molecular flexibility index (Phi) is 7.39. The summed E-state index contributed by atoms with van der Waals surface area (Å²) in [5.74, 6) is 1.53. The van der Waals surface area contributed by atoms with E-state index in [1.165, 1.54) is 5.56 Å². The summed E-state index contributed by atoms with van der Waals surface area (Å²) in [6.45, 7) is 2.60. The van der Waals surface area contributed by atoms with Crippen molar-refractivity contribution in [1.82, 2.24) is 19.9 Å². The Morgan fingerprint density at radius 2 is 1.86 bits per heavy atom. The van der Waals surface area contributed by atoms with Crippen molar-refractivity contribution in [3.8, 4) is 0 Å². The second kappa shape index (κ2) is 11.0. The number of carbonyl (C=O) groups is 1. The van der Waals surface area contributed by atoms with Crippen molar-refractivity contribution in [3.05, 3.63) is 113 Å². The van der Waals surface area contributed by atoms with E-state index in [1.807, 2.05) is 79.9 Å². The normalized spacial score (nSPS) is 12.1. The molecule has 182 valence electrons. The van der Waals surface area contributed by atoms with E-state index in [9.17, 15) is 4.79 Å². The lowest BCUT2D eigenvalue weighted by molar-refractivity contribution is 0.0939. The SMILES string of the molecule is CC(Cc1ccco1)NC(=O)c1ccc(Cn2c(SCc3ccc(Cl)cc3)nc3ccncc32)cc1. The molecule has 36 heavy (non-hydrogen) atoms. The van der Waals surface area contributed by atoms with Gasteiger partial charge < -0.3 is 14.3 Å². The molecule has 3 heterocycles. The number of thioether (sulfide) groups is 1. The average molecular weight is 517 g/mol. The molecule has 6 nitrogen and oxygen atoms in total. The number of hydrogen-bond acceptors (Lipinski definition) is 5. The van der Waals surface area contributed by atoms with Crippen molar-refractivity contribution < 1.29 is 9.21 Å². The first-order valence-corrected chi connectivity index (χ1v) is 13.0. The van der Waals surface area contributed by atoms with Gasteiger partial charge in [-0.1, -0.05) is 47.6 Å². The van der Waals surface area contributed by atoms with Crippen LogP contribution in [0.2, 0.25) is 5.02 Å². The minimum atomic E-state index is -0.0999. The number of imidazole rings is 1. The fourth-order valence-electron chi connectivity index (χ4n) is 3.97. The molecule has 0 fully saturated rings. The summed E-state index contributed by atoms with van der Waals surface area (Å²) in [6.07, 6.45) is 5.89. The molecular formula is C28H25ClN4O2S. The van der Waals surface area contributed by atoms with Gasteiger partial charge >= 0.3 is 0 Å². The summed E-state index contributed by atoms with van der Waals surface area (Å²) in [4.78, 5) is 21.8. The van der Waals surface area contributed by atoms with E-state index in [0.29, 0.717) is 18.5 Å². The highest BCUT2D eigenvalue weighted by molar-refractivity contribution is 7.98. The number of carbonyl (C=O) groups excluding carboxylic acids is 1. The number of aromatic nitrogens is 3. The first-order chi connectivity index (χ1) is 17.5. The van der Waals surface area contributed by atoms with E-state index in [1.54, 1.807) is 24.2 Å². The number of benzene rings is 2. The molecule has 0 aliphatic rings. The van der Waals surface area contributed by atoms with Crippen LogP contribution in [0.15, 0.2) is 95.0 Å². The maximum atomic E-state index is 12.7. The molecule has 0 spiro atoms. The third-order valence-electron chi connectivity index (χ3n) is 5.82. The van der Waals surface area contributed by atoms with E-state index in [4.69, 9.17) is 21.0 Å². The van der Waals surface area contributed by atoms with E-state index in [2.05, 4.69) is 14.9 Å². The van der Waals surface area contributed by atoms with E-state index < -0.39 is 0 Å². The summed E-state index contributed by atoms with van der Waals surface area (Å²) in [7, 11) is 0. The van der Waals surface area contributed by atoms with Gasteiger partial charge in [-0.3, -0.25) is 9.78 Å². The molecule has 1 N–H and O–H groups in total. The van der Waals surface area contributed by atoms with Crippen molar-refractivity contribution >= 4 is 40.3 Å². The summed E-state index contributed by atoms with van der Waals surface area (Å²) in [6, 6.07) is 21.2. The van der Waals surface area contributed by atoms with Crippen LogP contribution in [0.5, 0.6) is 0 Å². The van der Waals surface area contributed by atoms with Gasteiger partial charge in [0.25, 0.3) is 5.91 Å². The Morgan fingerprint density at radius 1 is 1.08 bits per heavy atom. The largest absolute Gasteiger partial charge is 0.469 e. The number of nitrogens with one attached hydrogen (secondary N) is 1. The Labute approximate surface area is 218 Å². The van der Waals surface area contributed by atoms with Crippen molar-refractivity contribution in [3.63, 3.8) is 0 Å². The van der Waals surface area contributed by atoms with Crippen LogP contribution in [-0.2, 0) is 18.7 Å². The molecule has 1 amide bonds. The van der Waals surface area contributed by atoms with Crippen LogP contribution in [0.4, 0.5) is 0 Å². The third-order valence-corrected chi connectivity index (χ3v) is 7.12. The van der Waals surface area contributed by atoms with Gasteiger partial charge in [0.15, 0.2) is 5.16 Å². The van der Waals surface area contributed by atoms with Gasteiger partial charge in [-0.15, -0.1) is 0 Å². The lowest BCUT2D eigenvalue weighted by Crippen LogP contribution is -2.33. The molecule has 0 aliphatic carbocycles. The number of pyridine rings is 1. The first-order valence-electron chi connectivity index (χ1n) is 11.6. The molecule has 0 saturated carbocycles. The van der Waals surface area contributed by atoms with Gasteiger partial charge in [-0.05, 0) is 60.5 Å². The zero-order valence-electron chi connectivity index (χ0n) is 19.7. The van der Waals surface area contributed by atoms with E-state index >= 15 is 0 Å². The van der Waals surface area contributed by atoms with Crippen LogP contribution < -0.4 is 5.32 Å². The quantitative estimate of drug-likeness (QED) is 0.230. The Bertz CT molecular complexity index is 1450. The maximum absolute atomic E-state index is 12.7. The van der Waals surface area contributed by atoms with Crippen LogP contribution in [0.3, 0.4) is 0 Å². The topological polar surface area (TPSA) is 73.0 Å². The lowest BCUT2D eigenvalue weighted by atomic mass is 10.1. The minimum Gasteiger partial charge on any atom is -0.469 e. The first kappa shape index (κ1) is 24.2. The van der Waals surface area contributed by atoms with E-state index in [-0.39, 0.29) is 11.9 Å². The summed E-state index contributed by atoms with van der Waals surface area (Å²) in [5.41, 5.74) is 4.76. The van der Waals surface area contributed by atoms with Gasteiger partial charge in [0.1, 0.15) is 5.76 Å². The molecule has 0 aliphatic heterocycles. The standard InChI is InChI=1S/C28H25ClN4O2S/c1-19(15-24-3-2-14-35-24)31-27(34)22-8-4-20(5-9-22)17-33-26-16-30-13-12-25(26)32-28(33)36-18-21-6-10-23(29)11-7-21/h2-14,16,19H,15,17-18H2,1H3,(H,31,34). The zero-order chi connectivity index (χ0) is 24.9. The van der Waals surface area contributed by atoms with Crippen LogP contribution in [0, 0.1) is 0 Å². The monoisotopic (exact) mass is 516 g/mol. The lowest BCUT2D eigenvalue weighted by Gasteiger charge is -2.13. The van der Waals surface area contributed by atoms with Gasteiger partial charge in [0.2, 0.25) is 0 Å². The molecule has 8 heteroatoms. The third kappa shape index (κ3) is 5.80. The number of hydrogen-bond donors (Lipinski definition) is 1. The number of nitrogens with zero attached hydrogens (tertiary/aromatic N) is 3. The highest BCUT2D eigenvalue weighted by Gasteiger charge is 2.14. The van der Waals surface area contributed by atoms with E-state index in [0.717, 1.165) is 38.3 Å². The molecule has 3 aromatic heterocycles. The fourth-order valence-corrected chi connectivity index (χ4v) is 5.07. The predicted octanol–water partition coefficient (Wildman–Crippen LogP) is 6.38. The zero-order valence-corrected chi connectivity index (χ0v) is 21.3. The predicted molar refractivity (Wildman–Crippen MR) is 143 cm³/mol. The highest BCUT2D eigenvalue weighted by atomic mass is 35.5. The second-order valence-electron chi connectivity index (χ2n) is 8.61.